The number of halogens is 1. The number of aliphatic hydroxyl groups is 1. The summed E-state index contributed by atoms with van der Waals surface area (Å²) >= 11 is 6.03. The lowest BCUT2D eigenvalue weighted by Gasteiger charge is -2.33. The highest BCUT2D eigenvalue weighted by atomic mass is 35.5. The molecule has 0 bridgehead atoms. The molecule has 0 aliphatic heterocycles. The minimum absolute atomic E-state index is 0.0880. The van der Waals surface area contributed by atoms with Gasteiger partial charge < -0.3 is 9.84 Å². The summed E-state index contributed by atoms with van der Waals surface area (Å²) in [5.74, 6) is 0.328. The van der Waals surface area contributed by atoms with Crippen molar-refractivity contribution < 1.29 is 19.2 Å². The summed E-state index contributed by atoms with van der Waals surface area (Å²) in [7, 11) is 0. The highest BCUT2D eigenvalue weighted by molar-refractivity contribution is 6.30. The first-order valence-corrected chi connectivity index (χ1v) is 10.0. The molecule has 1 fully saturated rings. The van der Waals surface area contributed by atoms with Crippen LogP contribution in [-0.2, 0) is 28.4 Å². The third-order valence-electron chi connectivity index (χ3n) is 5.42. The topological polar surface area (TPSA) is 68.2 Å². The Kier molecular flexibility index (Phi) is 5.82. The summed E-state index contributed by atoms with van der Waals surface area (Å²) < 4.78 is 8.70. The highest BCUT2D eigenvalue weighted by Gasteiger charge is 2.46. The quantitative estimate of drug-likeness (QED) is 0.565. The van der Waals surface area contributed by atoms with Crippen LogP contribution < -0.4 is 4.57 Å². The second-order valence-corrected chi connectivity index (χ2v) is 9.26. The Hall–Kier alpha value is -1.92. The van der Waals surface area contributed by atoms with E-state index in [4.69, 9.17) is 16.3 Å². The standard InChI is InChI=1S/C21H29ClN3O3/c1-15(16-5-6-16)21(27,17-7-9-18(22)10-8-17)11-25-13-24(12-23-25)14-28-19(26)20(2,3)4/h7-10,12-13,15-16,27H,5-6,11,14H2,1-4H3/q+1. The van der Waals surface area contributed by atoms with E-state index in [9.17, 15) is 9.90 Å². The molecule has 0 spiro atoms. The van der Waals surface area contributed by atoms with Crippen molar-refractivity contribution in [3.63, 3.8) is 0 Å². The van der Waals surface area contributed by atoms with E-state index in [0.29, 0.717) is 17.5 Å². The molecule has 2 atom stereocenters. The van der Waals surface area contributed by atoms with Gasteiger partial charge in [-0.25, -0.2) is 4.57 Å². The number of hydrogen-bond acceptors (Lipinski definition) is 4. The van der Waals surface area contributed by atoms with Crippen molar-refractivity contribution in [1.82, 2.24) is 9.78 Å². The van der Waals surface area contributed by atoms with Gasteiger partial charge >= 0.3 is 5.97 Å². The first-order chi connectivity index (χ1) is 13.1. The Morgan fingerprint density at radius 1 is 1.36 bits per heavy atom. The fraction of sp³-hybridized carbons (Fsp3) is 0.571. The molecule has 6 nitrogen and oxygen atoms in total. The Morgan fingerprint density at radius 2 is 2.00 bits per heavy atom. The van der Waals surface area contributed by atoms with Crippen LogP contribution in [0.4, 0.5) is 0 Å². The SMILES string of the molecule is CC(C1CC1)C(O)(Cn1c[n+](COC(=O)C(C)(C)C)cn1)c1ccc(Cl)cc1. The molecule has 0 radical (unpaired) electrons. The first-order valence-electron chi connectivity index (χ1n) is 9.67. The molecule has 28 heavy (non-hydrogen) atoms. The van der Waals surface area contributed by atoms with Crippen molar-refractivity contribution in [2.75, 3.05) is 0 Å². The zero-order valence-corrected chi connectivity index (χ0v) is 17.7. The number of nitrogens with zero attached hydrogens (tertiary/aromatic N) is 3. The van der Waals surface area contributed by atoms with E-state index in [2.05, 4.69) is 12.0 Å². The molecule has 7 heteroatoms. The summed E-state index contributed by atoms with van der Waals surface area (Å²) in [5.41, 5.74) is -0.777. The minimum Gasteiger partial charge on any atom is -0.431 e. The normalized spacial score (nSPS) is 17.8. The van der Waals surface area contributed by atoms with E-state index in [0.717, 1.165) is 18.4 Å². The van der Waals surface area contributed by atoms with Gasteiger partial charge in [0.1, 0.15) is 12.1 Å². The maximum absolute atomic E-state index is 11.9. The predicted molar refractivity (Wildman–Crippen MR) is 105 cm³/mol. The lowest BCUT2D eigenvalue weighted by molar-refractivity contribution is -0.728. The summed E-state index contributed by atoms with van der Waals surface area (Å²) in [6, 6.07) is 7.36. The third-order valence-corrected chi connectivity index (χ3v) is 5.67. The van der Waals surface area contributed by atoms with Crippen molar-refractivity contribution >= 4 is 17.6 Å². The van der Waals surface area contributed by atoms with Gasteiger partial charge in [0, 0.05) is 10.1 Å². The van der Waals surface area contributed by atoms with Gasteiger partial charge in [0.2, 0.25) is 13.1 Å². The summed E-state index contributed by atoms with van der Waals surface area (Å²) in [4.78, 5) is 11.9. The molecule has 1 saturated carbocycles. The number of ether oxygens (including phenoxy) is 1. The smallest absolute Gasteiger partial charge is 0.313 e. The van der Waals surface area contributed by atoms with Crippen LogP contribution >= 0.6 is 11.6 Å². The molecule has 3 rings (SSSR count). The summed E-state index contributed by atoms with van der Waals surface area (Å²) in [6.45, 7) is 7.94. The first kappa shape index (κ1) is 20.8. The van der Waals surface area contributed by atoms with Gasteiger partial charge in [-0.05, 0) is 63.1 Å². The van der Waals surface area contributed by atoms with Crippen molar-refractivity contribution in [2.24, 2.45) is 17.3 Å². The molecule has 1 aliphatic rings. The van der Waals surface area contributed by atoms with Gasteiger partial charge in [0.05, 0.1) is 5.41 Å². The van der Waals surface area contributed by atoms with Crippen LogP contribution in [0.2, 0.25) is 5.02 Å². The predicted octanol–water partition coefficient (Wildman–Crippen LogP) is 3.30. The van der Waals surface area contributed by atoms with Gasteiger partial charge in [-0.1, -0.05) is 30.7 Å². The molecule has 152 valence electrons. The number of esters is 1. The Morgan fingerprint density at radius 3 is 2.57 bits per heavy atom. The second-order valence-electron chi connectivity index (χ2n) is 8.83. The summed E-state index contributed by atoms with van der Waals surface area (Å²) in [6.07, 6.45) is 5.62. The molecule has 1 aliphatic carbocycles. The fourth-order valence-corrected chi connectivity index (χ4v) is 3.46. The molecule has 1 N–H and O–H groups in total. The number of carbonyl (C=O) groups excluding carboxylic acids is 1. The minimum atomic E-state index is -1.06. The van der Waals surface area contributed by atoms with Crippen molar-refractivity contribution in [1.29, 1.82) is 0 Å². The van der Waals surface area contributed by atoms with Crippen LogP contribution in [0.3, 0.4) is 0 Å². The number of carbonyl (C=O) groups is 1. The van der Waals surface area contributed by atoms with Crippen molar-refractivity contribution in [2.45, 2.75) is 59.4 Å². The summed E-state index contributed by atoms with van der Waals surface area (Å²) in [5, 5.41) is 16.6. The van der Waals surface area contributed by atoms with E-state index in [1.54, 1.807) is 34.0 Å². The molecule has 1 heterocycles. The van der Waals surface area contributed by atoms with Gasteiger partial charge in [-0.2, -0.15) is 0 Å². The lowest BCUT2D eigenvalue weighted by atomic mass is 9.79. The molecular weight excluding hydrogens is 378 g/mol. The molecule has 0 amide bonds. The van der Waals surface area contributed by atoms with Crippen LogP contribution in [0, 0.1) is 17.3 Å². The van der Waals surface area contributed by atoms with Crippen molar-refractivity contribution in [3.8, 4) is 0 Å². The Bertz CT molecular complexity index is 824. The highest BCUT2D eigenvalue weighted by Crippen LogP contribution is 2.46. The van der Waals surface area contributed by atoms with Crippen LogP contribution in [0.1, 0.15) is 46.1 Å². The van der Waals surface area contributed by atoms with E-state index in [1.165, 1.54) is 0 Å². The van der Waals surface area contributed by atoms with E-state index in [1.807, 2.05) is 32.9 Å². The monoisotopic (exact) mass is 406 g/mol. The van der Waals surface area contributed by atoms with Gasteiger partial charge in [0.25, 0.3) is 6.33 Å². The largest absolute Gasteiger partial charge is 0.431 e. The average molecular weight is 407 g/mol. The van der Waals surface area contributed by atoms with Crippen LogP contribution in [0.25, 0.3) is 0 Å². The third kappa shape index (κ3) is 4.73. The van der Waals surface area contributed by atoms with E-state index in [-0.39, 0.29) is 18.6 Å². The second kappa shape index (κ2) is 7.84. The fourth-order valence-electron chi connectivity index (χ4n) is 3.33. The van der Waals surface area contributed by atoms with Crippen molar-refractivity contribution in [3.05, 3.63) is 47.5 Å². The zero-order valence-electron chi connectivity index (χ0n) is 16.9. The van der Waals surface area contributed by atoms with Crippen LogP contribution in [-0.4, -0.2) is 20.9 Å². The van der Waals surface area contributed by atoms with Gasteiger partial charge in [0.15, 0.2) is 0 Å². The Balaban J connectivity index is 1.75. The molecular formula is C21H29ClN3O3+. The molecule has 1 aromatic heterocycles. The van der Waals surface area contributed by atoms with Gasteiger partial charge in [-0.3, -0.25) is 4.79 Å². The number of rotatable bonds is 7. The molecule has 2 aromatic rings. The number of hydrogen-bond donors (Lipinski definition) is 1. The molecule has 1 aromatic carbocycles. The van der Waals surface area contributed by atoms with Crippen LogP contribution in [0.5, 0.6) is 0 Å². The van der Waals surface area contributed by atoms with E-state index < -0.39 is 11.0 Å². The molecule has 0 saturated heterocycles. The number of benzene rings is 1. The lowest BCUT2D eigenvalue weighted by Crippen LogP contribution is -2.40. The zero-order chi connectivity index (χ0) is 20.5. The van der Waals surface area contributed by atoms with E-state index >= 15 is 0 Å². The maximum atomic E-state index is 11.9. The maximum Gasteiger partial charge on any atom is 0.313 e. The van der Waals surface area contributed by atoms with Crippen LogP contribution in [0.15, 0.2) is 36.9 Å². The average Bonchev–Trinajstić information content (AvgIpc) is 3.39. The Labute approximate surface area is 171 Å². The number of aromatic nitrogens is 3. The molecule has 2 unspecified atom stereocenters. The van der Waals surface area contributed by atoms with Gasteiger partial charge in [-0.15, -0.1) is 4.68 Å².